The number of halogens is 2. The lowest BCUT2D eigenvalue weighted by Gasteiger charge is -2.31. The number of hydrogen-bond donors (Lipinski definition) is 1. The Balaban J connectivity index is 1.78. The molecule has 0 aliphatic carbocycles. The molecule has 0 amide bonds. The van der Waals surface area contributed by atoms with Crippen molar-refractivity contribution in [2.75, 3.05) is 5.32 Å². The van der Waals surface area contributed by atoms with E-state index in [4.69, 9.17) is 27.6 Å². The second-order valence-electron chi connectivity index (χ2n) is 7.65. The quantitative estimate of drug-likeness (QED) is 0.267. The van der Waals surface area contributed by atoms with Gasteiger partial charge in [0.25, 0.3) is 0 Å². The van der Waals surface area contributed by atoms with Crippen LogP contribution in [0.4, 0.5) is 11.4 Å². The second kappa shape index (κ2) is 6.88. The Labute approximate surface area is 187 Å². The summed E-state index contributed by atoms with van der Waals surface area (Å²) in [7, 11) is 0. The van der Waals surface area contributed by atoms with Gasteiger partial charge in [0, 0.05) is 27.0 Å². The molecule has 0 spiro atoms. The highest BCUT2D eigenvalue weighted by Crippen LogP contribution is 2.49. The van der Waals surface area contributed by atoms with E-state index in [1.54, 1.807) is 18.2 Å². The van der Waals surface area contributed by atoms with E-state index >= 15 is 0 Å². The van der Waals surface area contributed by atoms with Crippen molar-refractivity contribution in [1.82, 2.24) is 0 Å². The molecule has 5 aromatic rings. The smallest absolute Gasteiger partial charge is 0.342 e. The summed E-state index contributed by atoms with van der Waals surface area (Å²) in [6.45, 7) is 0. The van der Waals surface area contributed by atoms with Crippen molar-refractivity contribution in [3.8, 4) is 0 Å². The van der Waals surface area contributed by atoms with Gasteiger partial charge in [-0.25, -0.2) is 4.79 Å². The summed E-state index contributed by atoms with van der Waals surface area (Å²) in [6.07, 6.45) is 0. The van der Waals surface area contributed by atoms with Crippen molar-refractivity contribution in [1.29, 1.82) is 0 Å². The molecule has 0 radical (unpaired) electrons. The first-order chi connectivity index (χ1) is 15.1. The van der Waals surface area contributed by atoms with Gasteiger partial charge in [0.1, 0.15) is 5.58 Å². The highest BCUT2D eigenvalue weighted by atomic mass is 35.5. The zero-order valence-corrected chi connectivity index (χ0v) is 17.7. The molecule has 1 aromatic heterocycles. The van der Waals surface area contributed by atoms with Crippen LogP contribution < -0.4 is 10.9 Å². The lowest BCUT2D eigenvalue weighted by Crippen LogP contribution is -2.23. The zero-order valence-electron chi connectivity index (χ0n) is 16.2. The maximum absolute atomic E-state index is 13.3. The van der Waals surface area contributed by atoms with Crippen LogP contribution in [0.25, 0.3) is 21.7 Å². The Bertz CT molecular complexity index is 1570. The number of nitrogens with one attached hydrogen (secondary N) is 1. The van der Waals surface area contributed by atoms with Crippen LogP contribution in [0, 0.1) is 0 Å². The van der Waals surface area contributed by atoms with Gasteiger partial charge in [0.2, 0.25) is 0 Å². The molecule has 0 fully saturated rings. The second-order valence-corrected chi connectivity index (χ2v) is 8.49. The van der Waals surface area contributed by atoms with Crippen molar-refractivity contribution < 1.29 is 4.42 Å². The molecule has 0 saturated heterocycles. The van der Waals surface area contributed by atoms with Gasteiger partial charge in [-0.2, -0.15) is 0 Å². The molecule has 6 rings (SSSR count). The third-order valence-corrected chi connectivity index (χ3v) is 6.49. The third-order valence-electron chi connectivity index (χ3n) is 5.93. The molecule has 1 atom stereocenters. The summed E-state index contributed by atoms with van der Waals surface area (Å²) in [5.41, 5.74) is 4.22. The number of rotatable bonds is 1. The Morgan fingerprint density at radius 1 is 0.806 bits per heavy atom. The summed E-state index contributed by atoms with van der Waals surface area (Å²) >= 11 is 12.9. The van der Waals surface area contributed by atoms with E-state index in [1.807, 2.05) is 36.4 Å². The third kappa shape index (κ3) is 2.78. The number of anilines is 2. The van der Waals surface area contributed by atoms with Crippen molar-refractivity contribution in [2.45, 2.75) is 5.92 Å². The fourth-order valence-corrected chi connectivity index (χ4v) is 5.12. The van der Waals surface area contributed by atoms with Crippen LogP contribution in [0.15, 0.2) is 88.1 Å². The highest BCUT2D eigenvalue weighted by molar-refractivity contribution is 6.35. The first-order valence-corrected chi connectivity index (χ1v) is 10.7. The fourth-order valence-electron chi connectivity index (χ4n) is 4.60. The minimum absolute atomic E-state index is 0.379. The van der Waals surface area contributed by atoms with Crippen LogP contribution in [0.3, 0.4) is 0 Å². The minimum Gasteiger partial charge on any atom is -0.422 e. The average molecular weight is 444 g/mol. The lowest BCUT2D eigenvalue weighted by atomic mass is 9.79. The summed E-state index contributed by atoms with van der Waals surface area (Å²) in [5, 5.41) is 7.58. The normalized spacial score (nSPS) is 14.8. The highest BCUT2D eigenvalue weighted by Gasteiger charge is 2.34. The molecule has 2 heterocycles. The van der Waals surface area contributed by atoms with Gasteiger partial charge >= 0.3 is 5.63 Å². The van der Waals surface area contributed by atoms with Gasteiger partial charge in [-0.05, 0) is 52.2 Å². The first kappa shape index (κ1) is 18.5. The molecule has 150 valence electrons. The van der Waals surface area contributed by atoms with Crippen LogP contribution in [0.2, 0.25) is 10.0 Å². The average Bonchev–Trinajstić information content (AvgIpc) is 2.78. The maximum atomic E-state index is 13.3. The number of benzene rings is 4. The van der Waals surface area contributed by atoms with E-state index in [0.717, 1.165) is 38.7 Å². The Hall–Kier alpha value is -3.27. The molecule has 1 unspecified atom stereocenters. The number of para-hydroxylation sites is 1. The van der Waals surface area contributed by atoms with Crippen LogP contribution in [-0.4, -0.2) is 0 Å². The fraction of sp³-hybridized carbons (Fsp3) is 0.0385. The van der Waals surface area contributed by atoms with Gasteiger partial charge in [-0.15, -0.1) is 0 Å². The van der Waals surface area contributed by atoms with Crippen LogP contribution in [0.1, 0.15) is 22.6 Å². The van der Waals surface area contributed by atoms with Gasteiger partial charge in [0.05, 0.1) is 11.3 Å². The summed E-state index contributed by atoms with van der Waals surface area (Å²) in [6, 6.07) is 25.2. The molecule has 3 nitrogen and oxygen atoms in total. The molecule has 1 N–H and O–H groups in total. The van der Waals surface area contributed by atoms with Crippen LogP contribution in [-0.2, 0) is 0 Å². The van der Waals surface area contributed by atoms with Crippen LogP contribution >= 0.6 is 23.2 Å². The molecular weight excluding hydrogens is 429 g/mol. The molecule has 4 aromatic carbocycles. The molecule has 1 aliphatic heterocycles. The van der Waals surface area contributed by atoms with E-state index < -0.39 is 5.92 Å². The molecular formula is C26H15Cl2NO2. The topological polar surface area (TPSA) is 42.2 Å². The summed E-state index contributed by atoms with van der Waals surface area (Å²) < 4.78 is 5.74. The molecule has 31 heavy (non-hydrogen) atoms. The molecule has 0 saturated carbocycles. The predicted molar refractivity (Wildman–Crippen MR) is 127 cm³/mol. The van der Waals surface area contributed by atoms with Crippen molar-refractivity contribution >= 4 is 56.3 Å². The molecule has 5 heteroatoms. The number of hydrogen-bond acceptors (Lipinski definition) is 3. The maximum Gasteiger partial charge on any atom is 0.342 e. The SMILES string of the molecule is O=c1oc2ccccc2c2c1C(c1ccc(Cl)cc1Cl)c1c(ccc3ccccc13)N2. The monoisotopic (exact) mass is 443 g/mol. The number of fused-ring (bicyclic) bond motifs is 6. The van der Waals surface area contributed by atoms with E-state index in [9.17, 15) is 4.79 Å². The Morgan fingerprint density at radius 2 is 1.58 bits per heavy atom. The van der Waals surface area contributed by atoms with Crippen molar-refractivity contribution in [3.63, 3.8) is 0 Å². The van der Waals surface area contributed by atoms with E-state index in [-0.39, 0.29) is 5.63 Å². The molecule has 1 aliphatic rings. The van der Waals surface area contributed by atoms with Crippen LogP contribution in [0.5, 0.6) is 0 Å². The first-order valence-electron chi connectivity index (χ1n) is 9.91. The summed E-state index contributed by atoms with van der Waals surface area (Å²) in [4.78, 5) is 13.3. The lowest BCUT2D eigenvalue weighted by molar-refractivity contribution is 0.549. The Morgan fingerprint density at radius 3 is 2.42 bits per heavy atom. The standard InChI is InChI=1S/C26H15Cl2NO2/c27-15-10-11-17(19(28)13-15)23-22-16-6-2-1-5-14(16)9-12-20(22)29-25-18-7-3-4-8-21(18)31-26(30)24(23)25/h1-13,23,29H. The van der Waals surface area contributed by atoms with Crippen molar-refractivity contribution in [3.05, 3.63) is 116 Å². The Kier molecular flexibility index (Phi) is 4.10. The minimum atomic E-state index is -0.400. The van der Waals surface area contributed by atoms with Gasteiger partial charge in [-0.3, -0.25) is 0 Å². The van der Waals surface area contributed by atoms with E-state index in [0.29, 0.717) is 21.2 Å². The largest absolute Gasteiger partial charge is 0.422 e. The molecule has 0 bridgehead atoms. The van der Waals surface area contributed by atoms with Gasteiger partial charge in [0.15, 0.2) is 0 Å². The van der Waals surface area contributed by atoms with Gasteiger partial charge < -0.3 is 9.73 Å². The van der Waals surface area contributed by atoms with Gasteiger partial charge in [-0.1, -0.05) is 71.7 Å². The van der Waals surface area contributed by atoms with E-state index in [1.165, 1.54) is 0 Å². The van der Waals surface area contributed by atoms with Crippen molar-refractivity contribution in [2.24, 2.45) is 0 Å². The zero-order chi connectivity index (χ0) is 21.1. The predicted octanol–water partition coefficient (Wildman–Crippen LogP) is 7.49. The summed E-state index contributed by atoms with van der Waals surface area (Å²) in [5.74, 6) is -0.400. The van der Waals surface area contributed by atoms with E-state index in [2.05, 4.69) is 29.6 Å².